The minimum atomic E-state index is -5.44. The summed E-state index contributed by atoms with van der Waals surface area (Å²) in [7, 11) is 18.8. The number of hydrogen-bond acceptors (Lipinski definition) is 0. The topological polar surface area (TPSA) is 0 Å². The summed E-state index contributed by atoms with van der Waals surface area (Å²) in [5.41, 5.74) is 23.8. The Labute approximate surface area is 433 Å². The van der Waals surface area contributed by atoms with Gasteiger partial charge in [0.1, 0.15) is 0 Å². The van der Waals surface area contributed by atoms with Gasteiger partial charge < -0.3 is 0 Å². The number of allylic oxidation sites excluding steroid dienone is 2. The van der Waals surface area contributed by atoms with Crippen molar-refractivity contribution in [2.75, 3.05) is 0 Å². The molecular formula is C66H81Cl2SiZr. The SMILES string of the molecule is CCCc1ccc2c(c1-c1cc(C(C)(C)C)cc(C(C)(C)C)c1)C=C(c1ccccc1)[CH]2[Zr]([Cl])([Cl])([CH]1C(c2ccccc2)=Cc2c1ccc(CCC)c2-c1cc(C(C)(C)C)cc(C(C)(C)C)c1)[SiH](C)C. The summed E-state index contributed by atoms with van der Waals surface area (Å²) in [6, 6.07) is 47.0. The van der Waals surface area contributed by atoms with Crippen LogP contribution in [0.5, 0.6) is 0 Å². The van der Waals surface area contributed by atoms with Crippen LogP contribution >= 0.6 is 17.0 Å². The molecule has 0 nitrogen and oxygen atoms in total. The molecule has 0 saturated carbocycles. The second-order valence-electron chi connectivity index (χ2n) is 25.5. The van der Waals surface area contributed by atoms with Gasteiger partial charge in [-0.1, -0.05) is 0 Å². The minimum absolute atomic E-state index is 0.0219. The van der Waals surface area contributed by atoms with Gasteiger partial charge >= 0.3 is 437 Å². The van der Waals surface area contributed by atoms with Crippen LogP contribution in [0.4, 0.5) is 0 Å². The third-order valence-corrected chi connectivity index (χ3v) is 67.5. The molecule has 0 radical (unpaired) electrons. The van der Waals surface area contributed by atoms with Gasteiger partial charge in [0.05, 0.1) is 0 Å². The number of hydrogen-bond donors (Lipinski definition) is 0. The van der Waals surface area contributed by atoms with E-state index in [0.717, 1.165) is 25.7 Å². The standard InChI is InChI=1S/2C32H37.C2H7Si.2ClH.Zr/c2*1-8-12-23-15-16-24-17-25(22-13-10-9-11-14-22)20-29(24)30(23)26-18-27(31(2,3)4)21-28(19-26)32(5,6)7;1-3-2;;;/h2*9-11,13-21H,8,12H2,1-7H3;3H,1-2H3;2*1H;/q;;;;;+2/p-2. The number of aryl methyl sites for hydroxylation is 2. The van der Waals surface area contributed by atoms with Crippen molar-refractivity contribution in [3.63, 3.8) is 0 Å². The van der Waals surface area contributed by atoms with Crippen LogP contribution in [0.1, 0.15) is 184 Å². The summed E-state index contributed by atoms with van der Waals surface area (Å²) in [6.07, 6.45) is 9.23. The van der Waals surface area contributed by atoms with Crippen molar-refractivity contribution in [3.05, 3.63) is 188 Å². The monoisotopic (exact) mass is 1060 g/mol. The Balaban J connectivity index is 1.49. The van der Waals surface area contributed by atoms with Crippen molar-refractivity contribution in [1.82, 2.24) is 0 Å². The first-order valence-corrected chi connectivity index (χ1v) is 42.7. The normalized spacial score (nSPS) is 17.0. The van der Waals surface area contributed by atoms with E-state index in [-0.39, 0.29) is 28.9 Å². The maximum atomic E-state index is 9.38. The van der Waals surface area contributed by atoms with Gasteiger partial charge in [0.2, 0.25) is 0 Å². The van der Waals surface area contributed by atoms with Gasteiger partial charge in [-0.2, -0.15) is 0 Å². The van der Waals surface area contributed by atoms with Gasteiger partial charge in [0.15, 0.2) is 0 Å². The van der Waals surface area contributed by atoms with E-state index < -0.39 is 21.5 Å². The summed E-state index contributed by atoms with van der Waals surface area (Å²) in [5.74, 6) is -1.96. The Morgan fingerprint density at radius 1 is 0.429 bits per heavy atom. The van der Waals surface area contributed by atoms with Crippen LogP contribution in [0.15, 0.2) is 121 Å². The molecule has 0 heterocycles. The predicted octanol–water partition coefficient (Wildman–Crippen LogP) is 20.0. The fraction of sp³-hybridized carbons (Fsp3) is 0.394. The van der Waals surface area contributed by atoms with Crippen LogP contribution in [0.3, 0.4) is 0 Å². The van der Waals surface area contributed by atoms with Gasteiger partial charge in [-0.25, -0.2) is 0 Å². The second-order valence-corrected chi connectivity index (χ2v) is 68.0. The molecule has 0 spiro atoms. The summed E-state index contributed by atoms with van der Waals surface area (Å²) in [4.78, 5) is 0. The van der Waals surface area contributed by atoms with Gasteiger partial charge in [-0.3, -0.25) is 0 Å². The quantitative estimate of drug-likeness (QED) is 0.113. The summed E-state index contributed by atoms with van der Waals surface area (Å²) in [6.45, 7) is 37.8. The first kappa shape index (κ1) is 52.8. The Morgan fingerprint density at radius 2 is 0.743 bits per heavy atom. The molecule has 2 unspecified atom stereocenters. The second kappa shape index (κ2) is 19.1. The molecule has 6 aromatic carbocycles. The van der Waals surface area contributed by atoms with E-state index in [9.17, 15) is 17.0 Å². The molecule has 2 aliphatic rings. The molecule has 2 aliphatic carbocycles. The van der Waals surface area contributed by atoms with Crippen LogP contribution in [0, 0.1) is 0 Å². The first-order chi connectivity index (χ1) is 32.7. The molecule has 4 heteroatoms. The Hall–Kier alpha value is -3.52. The van der Waals surface area contributed by atoms with Crippen molar-refractivity contribution in [2.45, 2.75) is 165 Å². The number of fused-ring (bicyclic) bond motifs is 2. The van der Waals surface area contributed by atoms with E-state index >= 15 is 0 Å². The molecule has 2 atom stereocenters. The van der Waals surface area contributed by atoms with E-state index in [0.29, 0.717) is 0 Å². The van der Waals surface area contributed by atoms with Crippen LogP contribution < -0.4 is 0 Å². The van der Waals surface area contributed by atoms with Gasteiger partial charge in [-0.05, 0) is 0 Å². The van der Waals surface area contributed by atoms with Gasteiger partial charge in [-0.15, -0.1) is 0 Å². The third-order valence-electron chi connectivity index (χ3n) is 15.9. The molecule has 367 valence electrons. The van der Waals surface area contributed by atoms with Gasteiger partial charge in [0, 0.05) is 0 Å². The molecule has 0 bridgehead atoms. The Bertz CT molecular complexity index is 2730. The molecule has 0 aliphatic heterocycles. The summed E-state index contributed by atoms with van der Waals surface area (Å²) >= 11 is -5.44. The number of halogens is 2. The van der Waals surface area contributed by atoms with Crippen LogP contribution in [-0.4, -0.2) is 5.92 Å². The average Bonchev–Trinajstić information content (AvgIpc) is 3.89. The fourth-order valence-electron chi connectivity index (χ4n) is 11.7. The van der Waals surface area contributed by atoms with E-state index in [1.54, 1.807) is 0 Å². The van der Waals surface area contributed by atoms with Crippen LogP contribution in [-0.2, 0) is 50.1 Å². The van der Waals surface area contributed by atoms with Crippen molar-refractivity contribution in [1.29, 1.82) is 0 Å². The first-order valence-electron chi connectivity index (χ1n) is 26.4. The average molecular weight is 1060 g/mol. The van der Waals surface area contributed by atoms with Gasteiger partial charge in [0.25, 0.3) is 0 Å². The Kier molecular flexibility index (Phi) is 14.4. The fourth-order valence-corrected chi connectivity index (χ4v) is 41.8. The third kappa shape index (κ3) is 9.60. The van der Waals surface area contributed by atoms with E-state index in [2.05, 4.69) is 244 Å². The Morgan fingerprint density at radius 3 is 1.01 bits per heavy atom. The summed E-state index contributed by atoms with van der Waals surface area (Å²) < 4.78 is -0.260. The molecule has 0 N–H and O–H groups in total. The molecule has 70 heavy (non-hydrogen) atoms. The zero-order valence-corrected chi connectivity index (χ0v) is 50.6. The molecule has 0 fully saturated rings. The van der Waals surface area contributed by atoms with Crippen LogP contribution in [0.25, 0.3) is 45.6 Å². The summed E-state index contributed by atoms with van der Waals surface area (Å²) in [5, 5.41) is 0. The zero-order chi connectivity index (χ0) is 51.0. The molecule has 0 amide bonds. The number of benzene rings is 6. The number of rotatable bonds is 11. The molecule has 0 aromatic heterocycles. The molecule has 8 rings (SSSR count). The van der Waals surface area contributed by atoms with Crippen LogP contribution in [0.2, 0.25) is 13.1 Å². The molecule has 0 saturated heterocycles. The van der Waals surface area contributed by atoms with Crippen molar-refractivity contribution in [2.24, 2.45) is 0 Å². The zero-order valence-electron chi connectivity index (χ0n) is 45.5. The molecule has 6 aromatic rings. The van der Waals surface area contributed by atoms with Crippen molar-refractivity contribution < 1.29 is 15.6 Å². The van der Waals surface area contributed by atoms with E-state index in [4.69, 9.17) is 0 Å². The predicted molar refractivity (Wildman–Crippen MR) is 311 cm³/mol. The van der Waals surface area contributed by atoms with E-state index in [1.165, 1.54) is 100 Å². The van der Waals surface area contributed by atoms with Crippen molar-refractivity contribution in [3.8, 4) is 22.3 Å². The maximum absolute atomic E-state index is 9.38. The molecular weight excluding hydrogens is 983 g/mol. The van der Waals surface area contributed by atoms with E-state index in [1.807, 2.05) is 0 Å². The van der Waals surface area contributed by atoms with Crippen molar-refractivity contribution >= 4 is 46.2 Å².